The van der Waals surface area contributed by atoms with Crippen LogP contribution in [-0.4, -0.2) is 37.1 Å². The van der Waals surface area contributed by atoms with Gasteiger partial charge in [-0.1, -0.05) is 30.3 Å². The van der Waals surface area contributed by atoms with Gasteiger partial charge >= 0.3 is 0 Å². The van der Waals surface area contributed by atoms with Crippen LogP contribution in [0.15, 0.2) is 30.3 Å². The quantitative estimate of drug-likeness (QED) is 0.850. The van der Waals surface area contributed by atoms with Gasteiger partial charge in [0.2, 0.25) is 0 Å². The maximum absolute atomic E-state index is 3.61. The van der Waals surface area contributed by atoms with Crippen LogP contribution in [0.4, 0.5) is 0 Å². The zero-order chi connectivity index (χ0) is 11.5. The highest BCUT2D eigenvalue weighted by Crippen LogP contribution is 2.24. The summed E-state index contributed by atoms with van der Waals surface area (Å²) in [5.74, 6) is 0.937. The summed E-state index contributed by atoms with van der Waals surface area (Å²) < 4.78 is 0. The Morgan fingerprint density at radius 2 is 2.06 bits per heavy atom. The van der Waals surface area contributed by atoms with Gasteiger partial charge in [-0.05, 0) is 43.8 Å². The van der Waals surface area contributed by atoms with E-state index in [1.54, 1.807) is 0 Å². The van der Waals surface area contributed by atoms with Crippen LogP contribution in [0.1, 0.15) is 18.4 Å². The zero-order valence-electron chi connectivity index (χ0n) is 10.4. The molecule has 2 saturated heterocycles. The lowest BCUT2D eigenvalue weighted by Gasteiger charge is -2.16. The van der Waals surface area contributed by atoms with Crippen molar-refractivity contribution < 1.29 is 0 Å². The Kier molecular flexibility index (Phi) is 3.44. The second kappa shape index (κ2) is 5.19. The molecule has 0 saturated carbocycles. The summed E-state index contributed by atoms with van der Waals surface area (Å²) in [6, 6.07) is 11.6. The van der Waals surface area contributed by atoms with Gasteiger partial charge in [-0.3, -0.25) is 0 Å². The van der Waals surface area contributed by atoms with Crippen LogP contribution in [0, 0.1) is 5.92 Å². The molecule has 0 amide bonds. The molecule has 1 aromatic rings. The SMILES string of the molecule is c1ccc(CCCN2C[C@@H]3CCN[C@@H]3C2)cc1. The number of hydrogen-bond donors (Lipinski definition) is 1. The highest BCUT2D eigenvalue weighted by Gasteiger charge is 2.35. The summed E-state index contributed by atoms with van der Waals surface area (Å²) in [4.78, 5) is 2.64. The van der Waals surface area contributed by atoms with Crippen LogP contribution in [-0.2, 0) is 6.42 Å². The number of hydrogen-bond acceptors (Lipinski definition) is 2. The fourth-order valence-corrected chi connectivity index (χ4v) is 3.27. The molecule has 92 valence electrons. The van der Waals surface area contributed by atoms with Crippen molar-refractivity contribution in [1.29, 1.82) is 0 Å². The summed E-state index contributed by atoms with van der Waals surface area (Å²) >= 11 is 0. The first kappa shape index (κ1) is 11.2. The van der Waals surface area contributed by atoms with Gasteiger partial charge in [0.1, 0.15) is 0 Å². The average Bonchev–Trinajstić information content (AvgIpc) is 2.91. The molecule has 2 nitrogen and oxygen atoms in total. The van der Waals surface area contributed by atoms with E-state index in [1.807, 2.05) is 0 Å². The molecule has 2 aliphatic heterocycles. The molecule has 2 heteroatoms. The number of fused-ring (bicyclic) bond motifs is 1. The molecule has 0 aliphatic carbocycles. The van der Waals surface area contributed by atoms with Gasteiger partial charge < -0.3 is 10.2 Å². The molecule has 2 aliphatic rings. The molecule has 17 heavy (non-hydrogen) atoms. The Balaban J connectivity index is 1.41. The first-order valence-electron chi connectivity index (χ1n) is 6.91. The fourth-order valence-electron chi connectivity index (χ4n) is 3.27. The van der Waals surface area contributed by atoms with Crippen LogP contribution in [0.5, 0.6) is 0 Å². The molecule has 0 bridgehead atoms. The molecular weight excluding hydrogens is 208 g/mol. The van der Waals surface area contributed by atoms with Crippen molar-refractivity contribution in [3.63, 3.8) is 0 Å². The molecule has 0 radical (unpaired) electrons. The Hall–Kier alpha value is -0.860. The van der Waals surface area contributed by atoms with Gasteiger partial charge in [0, 0.05) is 19.1 Å². The van der Waals surface area contributed by atoms with Gasteiger partial charge in [-0.25, -0.2) is 0 Å². The number of benzene rings is 1. The average molecular weight is 230 g/mol. The lowest BCUT2D eigenvalue weighted by molar-refractivity contribution is 0.310. The minimum absolute atomic E-state index is 0.798. The standard InChI is InChI=1S/C15H22N2/c1-2-5-13(6-3-1)7-4-10-17-11-14-8-9-16-15(14)12-17/h1-3,5-6,14-16H,4,7-12H2/t14-,15+/m0/s1. The van der Waals surface area contributed by atoms with Crippen molar-refractivity contribution in [2.45, 2.75) is 25.3 Å². The normalized spacial score (nSPS) is 28.5. The van der Waals surface area contributed by atoms with E-state index < -0.39 is 0 Å². The van der Waals surface area contributed by atoms with Crippen LogP contribution in [0.2, 0.25) is 0 Å². The second-order valence-electron chi connectivity index (χ2n) is 5.46. The highest BCUT2D eigenvalue weighted by molar-refractivity contribution is 5.14. The van der Waals surface area contributed by atoms with E-state index in [4.69, 9.17) is 0 Å². The Morgan fingerprint density at radius 3 is 2.88 bits per heavy atom. The van der Waals surface area contributed by atoms with Crippen LogP contribution >= 0.6 is 0 Å². The molecule has 2 atom stereocenters. The number of likely N-dealkylation sites (tertiary alicyclic amines) is 1. The molecule has 0 unspecified atom stereocenters. The summed E-state index contributed by atoms with van der Waals surface area (Å²) in [5, 5.41) is 3.61. The van der Waals surface area contributed by atoms with Crippen molar-refractivity contribution in [2.24, 2.45) is 5.92 Å². The Morgan fingerprint density at radius 1 is 1.18 bits per heavy atom. The minimum atomic E-state index is 0.798. The van der Waals surface area contributed by atoms with Crippen molar-refractivity contribution in [1.82, 2.24) is 10.2 Å². The van der Waals surface area contributed by atoms with Gasteiger partial charge in [-0.2, -0.15) is 0 Å². The highest BCUT2D eigenvalue weighted by atomic mass is 15.2. The first-order valence-corrected chi connectivity index (χ1v) is 6.91. The first-order chi connectivity index (χ1) is 8.42. The van der Waals surface area contributed by atoms with Crippen molar-refractivity contribution in [2.75, 3.05) is 26.2 Å². The zero-order valence-corrected chi connectivity index (χ0v) is 10.4. The van der Waals surface area contributed by atoms with Gasteiger partial charge in [0.25, 0.3) is 0 Å². The lowest BCUT2D eigenvalue weighted by Crippen LogP contribution is -2.30. The molecule has 3 rings (SSSR count). The smallest absolute Gasteiger partial charge is 0.0235 e. The summed E-state index contributed by atoms with van der Waals surface area (Å²) in [7, 11) is 0. The van der Waals surface area contributed by atoms with Crippen molar-refractivity contribution >= 4 is 0 Å². The largest absolute Gasteiger partial charge is 0.312 e. The third-order valence-electron chi connectivity index (χ3n) is 4.22. The van der Waals surface area contributed by atoms with E-state index in [0.29, 0.717) is 0 Å². The molecule has 0 spiro atoms. The summed E-state index contributed by atoms with van der Waals surface area (Å²) in [6.45, 7) is 5.11. The van der Waals surface area contributed by atoms with Crippen LogP contribution < -0.4 is 5.32 Å². The van der Waals surface area contributed by atoms with Crippen molar-refractivity contribution in [3.05, 3.63) is 35.9 Å². The number of aryl methyl sites for hydroxylation is 1. The summed E-state index contributed by atoms with van der Waals surface area (Å²) in [6.07, 6.45) is 3.91. The third kappa shape index (κ3) is 2.70. The van der Waals surface area contributed by atoms with E-state index in [0.717, 1.165) is 12.0 Å². The molecule has 1 aromatic carbocycles. The number of rotatable bonds is 4. The van der Waals surface area contributed by atoms with E-state index in [-0.39, 0.29) is 0 Å². The predicted octanol–water partition coefficient (Wildman–Crippen LogP) is 1.91. The van der Waals surface area contributed by atoms with Crippen LogP contribution in [0.25, 0.3) is 0 Å². The topological polar surface area (TPSA) is 15.3 Å². The van der Waals surface area contributed by atoms with Gasteiger partial charge in [-0.15, -0.1) is 0 Å². The van der Waals surface area contributed by atoms with Crippen LogP contribution in [0.3, 0.4) is 0 Å². The maximum Gasteiger partial charge on any atom is 0.0235 e. The Bertz CT molecular complexity index is 337. The van der Waals surface area contributed by atoms with Gasteiger partial charge in [0.15, 0.2) is 0 Å². The molecule has 2 heterocycles. The van der Waals surface area contributed by atoms with E-state index in [2.05, 4.69) is 40.5 Å². The monoisotopic (exact) mass is 230 g/mol. The van der Waals surface area contributed by atoms with Gasteiger partial charge in [0.05, 0.1) is 0 Å². The predicted molar refractivity (Wildman–Crippen MR) is 71.1 cm³/mol. The lowest BCUT2D eigenvalue weighted by atomic mass is 10.1. The van der Waals surface area contributed by atoms with E-state index in [1.165, 1.54) is 51.0 Å². The van der Waals surface area contributed by atoms with E-state index in [9.17, 15) is 0 Å². The second-order valence-corrected chi connectivity index (χ2v) is 5.46. The molecule has 0 aromatic heterocycles. The Labute approximate surface area is 104 Å². The minimum Gasteiger partial charge on any atom is -0.312 e. The molecule has 1 N–H and O–H groups in total. The fraction of sp³-hybridized carbons (Fsp3) is 0.600. The van der Waals surface area contributed by atoms with Crippen molar-refractivity contribution in [3.8, 4) is 0 Å². The molecule has 2 fully saturated rings. The number of nitrogens with zero attached hydrogens (tertiary/aromatic N) is 1. The molecular formula is C15H22N2. The van der Waals surface area contributed by atoms with E-state index >= 15 is 0 Å². The summed E-state index contributed by atoms with van der Waals surface area (Å²) in [5.41, 5.74) is 1.48. The number of nitrogens with one attached hydrogen (secondary N) is 1. The maximum atomic E-state index is 3.61. The third-order valence-corrected chi connectivity index (χ3v) is 4.22.